The van der Waals surface area contributed by atoms with Crippen LogP contribution in [0.1, 0.15) is 25.0 Å². The number of aryl methyl sites for hydroxylation is 1. The molecule has 2 aromatic carbocycles. The number of carbonyl (C=O) groups excluding carboxylic acids is 1. The minimum atomic E-state index is -0.133. The molecule has 0 radical (unpaired) electrons. The molecule has 3 N–H and O–H groups in total. The molecule has 0 saturated carbocycles. The van der Waals surface area contributed by atoms with Crippen LogP contribution in [0.2, 0.25) is 0 Å². The van der Waals surface area contributed by atoms with Gasteiger partial charge in [-0.25, -0.2) is 4.99 Å². The first-order valence-corrected chi connectivity index (χ1v) is 9.71. The van der Waals surface area contributed by atoms with Crippen LogP contribution in [0.3, 0.4) is 0 Å². The van der Waals surface area contributed by atoms with Gasteiger partial charge in [-0.15, -0.1) is 0 Å². The molecule has 0 fully saturated rings. The molecule has 0 spiro atoms. The lowest BCUT2D eigenvalue weighted by molar-refractivity contribution is -0.115. The molecule has 0 aliphatic heterocycles. The number of anilines is 1. The lowest BCUT2D eigenvalue weighted by Gasteiger charge is -2.13. The molecular weight excluding hydrogens is 368 g/mol. The summed E-state index contributed by atoms with van der Waals surface area (Å²) in [4.78, 5) is 16.8. The number of aliphatic imine (C=N–C) groups is 1. The van der Waals surface area contributed by atoms with Crippen LogP contribution < -0.4 is 25.4 Å². The van der Waals surface area contributed by atoms with E-state index >= 15 is 0 Å². The van der Waals surface area contributed by atoms with E-state index in [1.165, 1.54) is 5.56 Å². The Morgan fingerprint density at radius 2 is 1.86 bits per heavy atom. The normalized spacial score (nSPS) is 11.0. The standard InChI is InChI=1S/C22H30N4O3/c1-5-16-8-7-9-18(12-16)26-21(27)15-25-22(23-6-2)24-14-17-10-11-19(28-3)13-20(17)29-4/h7-13H,5-6,14-15H2,1-4H3,(H,26,27)(H2,23,24,25). The number of guanidine groups is 1. The summed E-state index contributed by atoms with van der Waals surface area (Å²) in [5, 5.41) is 9.11. The van der Waals surface area contributed by atoms with Crippen molar-refractivity contribution in [1.82, 2.24) is 10.6 Å². The second-order valence-corrected chi connectivity index (χ2v) is 6.33. The Hall–Kier alpha value is -3.22. The van der Waals surface area contributed by atoms with Gasteiger partial charge >= 0.3 is 0 Å². The molecule has 7 nitrogen and oxygen atoms in total. The fourth-order valence-electron chi connectivity index (χ4n) is 2.73. The number of hydrogen-bond donors (Lipinski definition) is 3. The van der Waals surface area contributed by atoms with Crippen LogP contribution in [0.15, 0.2) is 47.5 Å². The number of carbonyl (C=O) groups is 1. The highest BCUT2D eigenvalue weighted by Crippen LogP contribution is 2.25. The molecule has 0 unspecified atom stereocenters. The average molecular weight is 399 g/mol. The van der Waals surface area contributed by atoms with Gasteiger partial charge in [-0.05, 0) is 43.2 Å². The largest absolute Gasteiger partial charge is 0.497 e. The average Bonchev–Trinajstić information content (AvgIpc) is 2.75. The summed E-state index contributed by atoms with van der Waals surface area (Å²) < 4.78 is 10.6. The molecule has 0 bridgehead atoms. The second kappa shape index (κ2) is 11.6. The first kappa shape index (κ1) is 22.1. The molecule has 7 heteroatoms. The summed E-state index contributed by atoms with van der Waals surface area (Å²) in [7, 11) is 3.23. The summed E-state index contributed by atoms with van der Waals surface area (Å²) in [6, 6.07) is 13.4. The summed E-state index contributed by atoms with van der Waals surface area (Å²) in [5.74, 6) is 1.86. The van der Waals surface area contributed by atoms with Crippen molar-refractivity contribution in [2.45, 2.75) is 26.8 Å². The fourth-order valence-corrected chi connectivity index (χ4v) is 2.73. The minimum Gasteiger partial charge on any atom is -0.497 e. The highest BCUT2D eigenvalue weighted by Gasteiger charge is 2.07. The predicted octanol–water partition coefficient (Wildman–Crippen LogP) is 2.96. The van der Waals surface area contributed by atoms with Crippen molar-refractivity contribution in [2.24, 2.45) is 4.99 Å². The molecule has 2 aromatic rings. The van der Waals surface area contributed by atoms with Gasteiger partial charge < -0.3 is 25.4 Å². The summed E-state index contributed by atoms with van der Waals surface area (Å²) in [6.45, 7) is 5.26. The third-order valence-corrected chi connectivity index (χ3v) is 4.28. The molecule has 0 saturated heterocycles. The van der Waals surface area contributed by atoms with Gasteiger partial charge in [0.25, 0.3) is 0 Å². The van der Waals surface area contributed by atoms with Crippen LogP contribution in [0, 0.1) is 0 Å². The zero-order valence-electron chi connectivity index (χ0n) is 17.5. The second-order valence-electron chi connectivity index (χ2n) is 6.33. The van der Waals surface area contributed by atoms with Crippen LogP contribution in [0.25, 0.3) is 0 Å². The monoisotopic (exact) mass is 398 g/mol. The van der Waals surface area contributed by atoms with Crippen LogP contribution in [-0.2, 0) is 17.8 Å². The predicted molar refractivity (Wildman–Crippen MR) is 117 cm³/mol. The molecule has 0 aliphatic carbocycles. The van der Waals surface area contributed by atoms with Crippen molar-refractivity contribution in [1.29, 1.82) is 0 Å². The number of ether oxygens (including phenoxy) is 2. The van der Waals surface area contributed by atoms with Crippen LogP contribution in [0.4, 0.5) is 5.69 Å². The third kappa shape index (κ3) is 7.03. The third-order valence-electron chi connectivity index (χ3n) is 4.28. The highest BCUT2D eigenvalue weighted by molar-refractivity contribution is 5.95. The number of benzene rings is 2. The summed E-state index contributed by atoms with van der Waals surface area (Å²) in [6.07, 6.45) is 0.925. The molecule has 0 atom stereocenters. The van der Waals surface area contributed by atoms with Gasteiger partial charge in [0.2, 0.25) is 5.91 Å². The zero-order chi connectivity index (χ0) is 21.1. The summed E-state index contributed by atoms with van der Waals surface area (Å²) >= 11 is 0. The van der Waals surface area contributed by atoms with Crippen molar-refractivity contribution in [3.05, 3.63) is 53.6 Å². The maximum absolute atomic E-state index is 12.3. The van der Waals surface area contributed by atoms with Crippen molar-refractivity contribution < 1.29 is 14.3 Å². The van der Waals surface area contributed by atoms with Crippen molar-refractivity contribution >= 4 is 17.6 Å². The number of amides is 1. The Morgan fingerprint density at radius 3 is 2.55 bits per heavy atom. The van der Waals surface area contributed by atoms with E-state index < -0.39 is 0 Å². The van der Waals surface area contributed by atoms with Crippen LogP contribution >= 0.6 is 0 Å². The molecule has 29 heavy (non-hydrogen) atoms. The van der Waals surface area contributed by atoms with E-state index in [2.05, 4.69) is 27.9 Å². The molecule has 0 aliphatic rings. The van der Waals surface area contributed by atoms with Gasteiger partial charge in [-0.1, -0.05) is 19.1 Å². The van der Waals surface area contributed by atoms with E-state index in [1.807, 2.05) is 49.4 Å². The van der Waals surface area contributed by atoms with E-state index in [4.69, 9.17) is 9.47 Å². The van der Waals surface area contributed by atoms with Crippen molar-refractivity contribution in [3.8, 4) is 11.5 Å². The summed E-state index contributed by atoms with van der Waals surface area (Å²) in [5.41, 5.74) is 2.89. The quantitative estimate of drug-likeness (QED) is 0.447. The van der Waals surface area contributed by atoms with Crippen molar-refractivity contribution in [3.63, 3.8) is 0 Å². The molecular formula is C22H30N4O3. The number of hydrogen-bond acceptors (Lipinski definition) is 4. The minimum absolute atomic E-state index is 0.113. The molecule has 0 aromatic heterocycles. The number of rotatable bonds is 9. The SMILES string of the molecule is CCNC(=NCc1ccc(OC)cc1OC)NCC(=O)Nc1cccc(CC)c1. The Balaban J connectivity index is 1.97. The molecule has 2 rings (SSSR count). The van der Waals surface area contributed by atoms with E-state index in [-0.39, 0.29) is 12.5 Å². The Morgan fingerprint density at radius 1 is 1.03 bits per heavy atom. The van der Waals surface area contributed by atoms with Gasteiger partial charge in [0, 0.05) is 23.9 Å². The van der Waals surface area contributed by atoms with E-state index in [0.717, 1.165) is 23.4 Å². The lowest BCUT2D eigenvalue weighted by atomic mass is 10.1. The Bertz CT molecular complexity index is 837. The van der Waals surface area contributed by atoms with E-state index in [0.29, 0.717) is 24.8 Å². The first-order valence-electron chi connectivity index (χ1n) is 9.71. The van der Waals surface area contributed by atoms with Gasteiger partial charge in [0.05, 0.1) is 27.3 Å². The van der Waals surface area contributed by atoms with Gasteiger partial charge in [0.1, 0.15) is 11.5 Å². The van der Waals surface area contributed by atoms with Crippen molar-refractivity contribution in [2.75, 3.05) is 32.6 Å². The van der Waals surface area contributed by atoms with Crippen LogP contribution in [0.5, 0.6) is 11.5 Å². The Kier molecular flexibility index (Phi) is 8.82. The maximum Gasteiger partial charge on any atom is 0.243 e. The number of nitrogens with one attached hydrogen (secondary N) is 3. The van der Waals surface area contributed by atoms with Crippen LogP contribution in [-0.4, -0.2) is 39.2 Å². The fraction of sp³-hybridized carbons (Fsp3) is 0.364. The topological polar surface area (TPSA) is 84.0 Å². The maximum atomic E-state index is 12.3. The number of nitrogens with zero attached hydrogens (tertiary/aromatic N) is 1. The lowest BCUT2D eigenvalue weighted by Crippen LogP contribution is -2.41. The molecule has 1 amide bonds. The molecule has 156 valence electrons. The van der Waals surface area contributed by atoms with Gasteiger partial charge in [-0.2, -0.15) is 0 Å². The smallest absolute Gasteiger partial charge is 0.243 e. The zero-order valence-corrected chi connectivity index (χ0v) is 17.5. The first-order chi connectivity index (χ1) is 14.1. The van der Waals surface area contributed by atoms with Gasteiger partial charge in [0.15, 0.2) is 5.96 Å². The van der Waals surface area contributed by atoms with Gasteiger partial charge in [-0.3, -0.25) is 4.79 Å². The number of methoxy groups -OCH3 is 2. The van der Waals surface area contributed by atoms with E-state index in [9.17, 15) is 4.79 Å². The molecule has 0 heterocycles. The Labute approximate surface area is 172 Å². The van der Waals surface area contributed by atoms with E-state index in [1.54, 1.807) is 14.2 Å². The highest BCUT2D eigenvalue weighted by atomic mass is 16.5.